The molecule has 3 unspecified atom stereocenters. The van der Waals surface area contributed by atoms with Gasteiger partial charge in [0.1, 0.15) is 0 Å². The van der Waals surface area contributed by atoms with Gasteiger partial charge in [-0.2, -0.15) is 0 Å². The Morgan fingerprint density at radius 1 is 1.44 bits per heavy atom. The highest BCUT2D eigenvalue weighted by atomic mass is 16.2. The number of piperidine rings is 1. The summed E-state index contributed by atoms with van der Waals surface area (Å²) in [4.78, 5) is 14.5. The molecular formula is C14H27N3O. The molecule has 4 heteroatoms. The van der Waals surface area contributed by atoms with Gasteiger partial charge in [0.2, 0.25) is 5.91 Å². The summed E-state index contributed by atoms with van der Waals surface area (Å²) in [5, 5.41) is 3.15. The third-order valence-corrected chi connectivity index (χ3v) is 4.37. The van der Waals surface area contributed by atoms with E-state index in [1.54, 1.807) is 0 Å². The van der Waals surface area contributed by atoms with Crippen molar-refractivity contribution in [3.8, 4) is 0 Å². The molecule has 4 nitrogen and oxygen atoms in total. The van der Waals surface area contributed by atoms with Crippen molar-refractivity contribution in [3.05, 3.63) is 0 Å². The number of carbonyl (C=O) groups excluding carboxylic acids is 1. The molecule has 2 aliphatic rings. The van der Waals surface area contributed by atoms with Gasteiger partial charge >= 0.3 is 0 Å². The fourth-order valence-corrected chi connectivity index (χ4v) is 3.22. The average Bonchev–Trinajstić information content (AvgIpc) is 2.83. The van der Waals surface area contributed by atoms with Gasteiger partial charge in [0.15, 0.2) is 0 Å². The molecule has 2 fully saturated rings. The number of unbranched alkanes of at least 4 members (excludes halogenated alkanes) is 1. The van der Waals surface area contributed by atoms with Crippen molar-refractivity contribution in [1.29, 1.82) is 0 Å². The van der Waals surface area contributed by atoms with Crippen molar-refractivity contribution in [2.75, 3.05) is 13.1 Å². The molecule has 0 saturated carbocycles. The molecule has 104 valence electrons. The number of hydrogen-bond donors (Lipinski definition) is 2. The van der Waals surface area contributed by atoms with Crippen molar-refractivity contribution < 1.29 is 4.79 Å². The van der Waals surface area contributed by atoms with Crippen LogP contribution in [0.25, 0.3) is 0 Å². The van der Waals surface area contributed by atoms with E-state index in [0.29, 0.717) is 12.1 Å². The monoisotopic (exact) mass is 253 g/mol. The normalized spacial score (nSPS) is 29.9. The van der Waals surface area contributed by atoms with Crippen molar-refractivity contribution in [2.45, 2.75) is 70.0 Å². The van der Waals surface area contributed by atoms with Crippen LogP contribution in [-0.4, -0.2) is 42.0 Å². The third kappa shape index (κ3) is 3.45. The van der Waals surface area contributed by atoms with Crippen molar-refractivity contribution in [1.82, 2.24) is 10.2 Å². The highest BCUT2D eigenvalue weighted by Gasteiger charge is 2.32. The Morgan fingerprint density at radius 2 is 2.28 bits per heavy atom. The molecule has 0 aromatic carbocycles. The van der Waals surface area contributed by atoms with Gasteiger partial charge in [-0.3, -0.25) is 4.79 Å². The highest BCUT2D eigenvalue weighted by molar-refractivity contribution is 5.81. The molecule has 0 aromatic heterocycles. The zero-order valence-corrected chi connectivity index (χ0v) is 11.5. The summed E-state index contributed by atoms with van der Waals surface area (Å²) in [6.07, 6.45) is 7.77. The van der Waals surface area contributed by atoms with Crippen LogP contribution in [0.4, 0.5) is 0 Å². The molecule has 2 aliphatic heterocycles. The average molecular weight is 253 g/mol. The van der Waals surface area contributed by atoms with E-state index in [2.05, 4.69) is 17.1 Å². The van der Waals surface area contributed by atoms with E-state index in [0.717, 1.165) is 38.6 Å². The summed E-state index contributed by atoms with van der Waals surface area (Å²) in [5.41, 5.74) is 5.90. The quantitative estimate of drug-likeness (QED) is 0.775. The molecule has 0 bridgehead atoms. The number of carbonyl (C=O) groups is 1. The number of hydrogen-bond acceptors (Lipinski definition) is 3. The van der Waals surface area contributed by atoms with Gasteiger partial charge < -0.3 is 16.0 Å². The second-order valence-electron chi connectivity index (χ2n) is 5.81. The first-order valence-corrected chi connectivity index (χ1v) is 7.50. The lowest BCUT2D eigenvalue weighted by molar-refractivity contribution is -0.123. The molecule has 2 heterocycles. The van der Waals surface area contributed by atoms with Crippen LogP contribution in [0.1, 0.15) is 51.9 Å². The van der Waals surface area contributed by atoms with Crippen LogP contribution in [0.15, 0.2) is 0 Å². The molecule has 0 radical (unpaired) electrons. The first-order valence-electron chi connectivity index (χ1n) is 7.50. The molecule has 0 aliphatic carbocycles. The summed E-state index contributed by atoms with van der Waals surface area (Å²) in [6.45, 7) is 4.52. The van der Waals surface area contributed by atoms with Crippen LogP contribution in [-0.2, 0) is 4.79 Å². The molecule has 2 saturated heterocycles. The first kappa shape index (κ1) is 13.8. The van der Waals surface area contributed by atoms with Crippen LogP contribution in [0, 0.1) is 0 Å². The summed E-state index contributed by atoms with van der Waals surface area (Å²) < 4.78 is 0. The Bertz CT molecular complexity index is 282. The molecule has 18 heavy (non-hydrogen) atoms. The maximum Gasteiger partial charge on any atom is 0.237 e. The van der Waals surface area contributed by atoms with E-state index >= 15 is 0 Å². The van der Waals surface area contributed by atoms with Crippen LogP contribution >= 0.6 is 0 Å². The zero-order chi connectivity index (χ0) is 13.0. The van der Waals surface area contributed by atoms with Gasteiger partial charge in [0.05, 0.1) is 6.04 Å². The van der Waals surface area contributed by atoms with E-state index in [1.165, 1.54) is 19.4 Å². The number of nitrogens with zero attached hydrogens (tertiary/aromatic N) is 1. The Kier molecular flexibility index (Phi) is 5.01. The fraction of sp³-hybridized carbons (Fsp3) is 0.929. The second-order valence-corrected chi connectivity index (χ2v) is 5.81. The number of amides is 1. The van der Waals surface area contributed by atoms with E-state index < -0.39 is 0 Å². The fourth-order valence-electron chi connectivity index (χ4n) is 3.22. The van der Waals surface area contributed by atoms with Crippen molar-refractivity contribution in [3.63, 3.8) is 0 Å². The minimum atomic E-state index is -0.313. The lowest BCUT2D eigenvalue weighted by Gasteiger charge is -2.35. The van der Waals surface area contributed by atoms with Gasteiger partial charge in [0, 0.05) is 18.6 Å². The molecule has 0 aromatic rings. The van der Waals surface area contributed by atoms with Gasteiger partial charge in [-0.15, -0.1) is 0 Å². The summed E-state index contributed by atoms with van der Waals surface area (Å²) >= 11 is 0. The first-order chi connectivity index (χ1) is 8.70. The van der Waals surface area contributed by atoms with Gasteiger partial charge in [-0.25, -0.2) is 0 Å². The van der Waals surface area contributed by atoms with E-state index in [4.69, 9.17) is 5.73 Å². The smallest absolute Gasteiger partial charge is 0.237 e. The SMILES string of the molecule is CCCCC(N)C(=O)NC1CCN2CCCC2C1. The second kappa shape index (κ2) is 6.53. The van der Waals surface area contributed by atoms with Gasteiger partial charge in [0.25, 0.3) is 0 Å². The standard InChI is InChI=1S/C14H27N3O/c1-2-3-6-13(15)14(18)16-11-7-9-17-8-4-5-12(17)10-11/h11-13H,2-10,15H2,1H3,(H,16,18). The zero-order valence-electron chi connectivity index (χ0n) is 11.5. The Labute approximate surface area is 110 Å². The van der Waals surface area contributed by atoms with Crippen LogP contribution < -0.4 is 11.1 Å². The lowest BCUT2D eigenvalue weighted by atomic mass is 9.97. The minimum Gasteiger partial charge on any atom is -0.352 e. The number of nitrogens with two attached hydrogens (primary N) is 1. The van der Waals surface area contributed by atoms with Crippen LogP contribution in [0.5, 0.6) is 0 Å². The molecular weight excluding hydrogens is 226 g/mol. The third-order valence-electron chi connectivity index (χ3n) is 4.37. The molecule has 2 rings (SSSR count). The molecule has 1 amide bonds. The summed E-state index contributed by atoms with van der Waals surface area (Å²) in [7, 11) is 0. The summed E-state index contributed by atoms with van der Waals surface area (Å²) in [5.74, 6) is 0.0555. The van der Waals surface area contributed by atoms with Crippen LogP contribution in [0.2, 0.25) is 0 Å². The molecule has 3 N–H and O–H groups in total. The predicted molar refractivity (Wildman–Crippen MR) is 73.3 cm³/mol. The Balaban J connectivity index is 1.74. The van der Waals surface area contributed by atoms with Crippen molar-refractivity contribution in [2.24, 2.45) is 5.73 Å². The highest BCUT2D eigenvalue weighted by Crippen LogP contribution is 2.26. The Morgan fingerprint density at radius 3 is 3.06 bits per heavy atom. The predicted octanol–water partition coefficient (Wildman–Crippen LogP) is 1.25. The van der Waals surface area contributed by atoms with E-state index in [9.17, 15) is 4.79 Å². The van der Waals surface area contributed by atoms with E-state index in [1.807, 2.05) is 0 Å². The topological polar surface area (TPSA) is 58.4 Å². The maximum atomic E-state index is 12.0. The Hall–Kier alpha value is -0.610. The van der Waals surface area contributed by atoms with Crippen molar-refractivity contribution >= 4 is 5.91 Å². The van der Waals surface area contributed by atoms with Gasteiger partial charge in [-0.1, -0.05) is 19.8 Å². The van der Waals surface area contributed by atoms with Crippen LogP contribution in [0.3, 0.4) is 0 Å². The largest absolute Gasteiger partial charge is 0.352 e. The van der Waals surface area contributed by atoms with Gasteiger partial charge in [-0.05, 0) is 38.6 Å². The maximum absolute atomic E-state index is 12.0. The lowest BCUT2D eigenvalue weighted by Crippen LogP contribution is -2.51. The number of fused-ring (bicyclic) bond motifs is 1. The molecule has 0 spiro atoms. The van der Waals surface area contributed by atoms with E-state index in [-0.39, 0.29) is 11.9 Å². The number of nitrogens with one attached hydrogen (secondary N) is 1. The summed E-state index contributed by atoms with van der Waals surface area (Å²) in [6, 6.07) is 0.743. The number of rotatable bonds is 5. The molecule has 3 atom stereocenters. The minimum absolute atomic E-state index is 0.0555.